The molecule has 3 N–H and O–H groups in total. The molecule has 0 aromatic heterocycles. The van der Waals surface area contributed by atoms with E-state index in [9.17, 15) is 4.79 Å². The molecular weight excluding hydrogens is 288 g/mol. The van der Waals surface area contributed by atoms with E-state index in [0.717, 1.165) is 30.7 Å². The highest BCUT2D eigenvalue weighted by Gasteiger charge is 2.02. The van der Waals surface area contributed by atoms with Crippen molar-refractivity contribution in [2.75, 3.05) is 19.4 Å². The SMILES string of the molecule is COc1ccc(CCCC(=O)NCCc2ccc(N)cc2)cc1. The van der Waals surface area contributed by atoms with E-state index in [-0.39, 0.29) is 5.91 Å². The smallest absolute Gasteiger partial charge is 0.220 e. The van der Waals surface area contributed by atoms with Gasteiger partial charge in [0, 0.05) is 18.7 Å². The van der Waals surface area contributed by atoms with E-state index in [4.69, 9.17) is 10.5 Å². The van der Waals surface area contributed by atoms with Crippen LogP contribution in [0.5, 0.6) is 5.75 Å². The van der Waals surface area contributed by atoms with Crippen LogP contribution >= 0.6 is 0 Å². The molecule has 0 atom stereocenters. The fourth-order valence-electron chi connectivity index (χ4n) is 2.36. The van der Waals surface area contributed by atoms with Crippen LogP contribution in [0.25, 0.3) is 0 Å². The number of nitrogen functional groups attached to an aromatic ring is 1. The number of methoxy groups -OCH3 is 1. The molecule has 0 radical (unpaired) electrons. The summed E-state index contributed by atoms with van der Waals surface area (Å²) >= 11 is 0. The van der Waals surface area contributed by atoms with E-state index in [0.29, 0.717) is 13.0 Å². The number of nitrogens with two attached hydrogens (primary N) is 1. The number of benzene rings is 2. The molecule has 0 saturated heterocycles. The fourth-order valence-corrected chi connectivity index (χ4v) is 2.36. The summed E-state index contributed by atoms with van der Waals surface area (Å²) in [6.45, 7) is 0.658. The summed E-state index contributed by atoms with van der Waals surface area (Å²) in [6.07, 6.45) is 3.12. The largest absolute Gasteiger partial charge is 0.497 e. The Morgan fingerprint density at radius 1 is 1.00 bits per heavy atom. The van der Waals surface area contributed by atoms with E-state index >= 15 is 0 Å². The number of rotatable bonds is 8. The Bertz CT molecular complexity index is 606. The van der Waals surface area contributed by atoms with Crippen molar-refractivity contribution >= 4 is 11.6 Å². The van der Waals surface area contributed by atoms with E-state index in [1.807, 2.05) is 48.5 Å². The zero-order valence-corrected chi connectivity index (χ0v) is 13.5. The molecule has 0 aliphatic rings. The van der Waals surface area contributed by atoms with Crippen LogP contribution in [0.1, 0.15) is 24.0 Å². The van der Waals surface area contributed by atoms with Crippen LogP contribution in [0, 0.1) is 0 Å². The first-order chi connectivity index (χ1) is 11.2. The Kier molecular flexibility index (Phi) is 6.48. The molecule has 122 valence electrons. The first kappa shape index (κ1) is 16.9. The second kappa shape index (κ2) is 8.83. The lowest BCUT2D eigenvalue weighted by Crippen LogP contribution is -2.25. The standard InChI is InChI=1S/C19H24N2O2/c1-23-18-11-7-15(8-12-18)3-2-4-19(22)21-14-13-16-5-9-17(20)10-6-16/h5-12H,2-4,13-14,20H2,1H3,(H,21,22). The number of carbonyl (C=O) groups excluding carboxylic acids is 1. The number of ether oxygens (including phenoxy) is 1. The normalized spacial score (nSPS) is 10.3. The molecule has 0 fully saturated rings. The predicted octanol–water partition coefficient (Wildman–Crippen LogP) is 2.96. The zero-order valence-electron chi connectivity index (χ0n) is 13.5. The number of hydrogen-bond donors (Lipinski definition) is 2. The van der Waals surface area contributed by atoms with Gasteiger partial charge in [0.05, 0.1) is 7.11 Å². The lowest BCUT2D eigenvalue weighted by Gasteiger charge is -2.06. The number of hydrogen-bond acceptors (Lipinski definition) is 3. The van der Waals surface area contributed by atoms with Gasteiger partial charge in [-0.05, 0) is 54.7 Å². The van der Waals surface area contributed by atoms with Crippen molar-refractivity contribution in [3.8, 4) is 5.75 Å². The van der Waals surface area contributed by atoms with Crippen molar-refractivity contribution in [1.82, 2.24) is 5.32 Å². The highest BCUT2D eigenvalue weighted by atomic mass is 16.5. The molecule has 4 heteroatoms. The molecule has 0 unspecified atom stereocenters. The summed E-state index contributed by atoms with van der Waals surface area (Å²) in [4.78, 5) is 11.8. The summed E-state index contributed by atoms with van der Waals surface area (Å²) in [5.74, 6) is 0.961. The number of anilines is 1. The molecule has 0 heterocycles. The minimum atomic E-state index is 0.106. The Balaban J connectivity index is 1.62. The summed E-state index contributed by atoms with van der Waals surface area (Å²) in [7, 11) is 1.66. The van der Waals surface area contributed by atoms with E-state index in [1.54, 1.807) is 7.11 Å². The summed E-state index contributed by atoms with van der Waals surface area (Å²) in [5.41, 5.74) is 8.81. The highest BCUT2D eigenvalue weighted by molar-refractivity contribution is 5.75. The second-order valence-corrected chi connectivity index (χ2v) is 5.54. The molecule has 4 nitrogen and oxygen atoms in total. The first-order valence-corrected chi connectivity index (χ1v) is 7.91. The van der Waals surface area contributed by atoms with Gasteiger partial charge in [-0.25, -0.2) is 0 Å². The van der Waals surface area contributed by atoms with Gasteiger partial charge in [-0.1, -0.05) is 24.3 Å². The monoisotopic (exact) mass is 312 g/mol. The first-order valence-electron chi connectivity index (χ1n) is 7.91. The van der Waals surface area contributed by atoms with Crippen LogP contribution in [0.3, 0.4) is 0 Å². The maximum Gasteiger partial charge on any atom is 0.220 e. The number of carbonyl (C=O) groups is 1. The lowest BCUT2D eigenvalue weighted by atomic mass is 10.1. The third kappa shape index (κ3) is 6.02. The summed E-state index contributed by atoms with van der Waals surface area (Å²) < 4.78 is 5.13. The van der Waals surface area contributed by atoms with E-state index in [1.165, 1.54) is 11.1 Å². The van der Waals surface area contributed by atoms with E-state index < -0.39 is 0 Å². The number of amides is 1. The molecule has 0 bridgehead atoms. The van der Waals surface area contributed by atoms with Crippen molar-refractivity contribution in [1.29, 1.82) is 0 Å². The van der Waals surface area contributed by atoms with Crippen LogP contribution < -0.4 is 15.8 Å². The van der Waals surface area contributed by atoms with Gasteiger partial charge in [0.2, 0.25) is 5.91 Å². The van der Waals surface area contributed by atoms with Gasteiger partial charge >= 0.3 is 0 Å². The molecule has 0 spiro atoms. The molecule has 1 amide bonds. The quantitative estimate of drug-likeness (QED) is 0.737. The molecule has 2 rings (SSSR count). The van der Waals surface area contributed by atoms with Crippen molar-refractivity contribution in [2.24, 2.45) is 0 Å². The van der Waals surface area contributed by atoms with Gasteiger partial charge in [0.1, 0.15) is 5.75 Å². The van der Waals surface area contributed by atoms with Crippen LogP contribution in [-0.2, 0) is 17.6 Å². The van der Waals surface area contributed by atoms with E-state index in [2.05, 4.69) is 5.32 Å². The molecule has 23 heavy (non-hydrogen) atoms. The van der Waals surface area contributed by atoms with Crippen LogP contribution in [-0.4, -0.2) is 19.6 Å². The minimum Gasteiger partial charge on any atom is -0.497 e. The fraction of sp³-hybridized carbons (Fsp3) is 0.316. The Morgan fingerprint density at radius 2 is 1.61 bits per heavy atom. The van der Waals surface area contributed by atoms with Gasteiger partial charge in [-0.3, -0.25) is 4.79 Å². The van der Waals surface area contributed by atoms with Gasteiger partial charge in [-0.15, -0.1) is 0 Å². The third-order valence-corrected chi connectivity index (χ3v) is 3.74. The highest BCUT2D eigenvalue weighted by Crippen LogP contribution is 2.13. The topological polar surface area (TPSA) is 64.3 Å². The number of aryl methyl sites for hydroxylation is 1. The number of nitrogens with one attached hydrogen (secondary N) is 1. The summed E-state index contributed by atoms with van der Waals surface area (Å²) in [6, 6.07) is 15.7. The van der Waals surface area contributed by atoms with Gasteiger partial charge in [0.25, 0.3) is 0 Å². The van der Waals surface area contributed by atoms with Crippen LogP contribution in [0.2, 0.25) is 0 Å². The third-order valence-electron chi connectivity index (χ3n) is 3.74. The summed E-state index contributed by atoms with van der Waals surface area (Å²) in [5, 5.41) is 2.96. The molecule has 0 saturated carbocycles. The average Bonchev–Trinajstić information content (AvgIpc) is 2.57. The molecule has 2 aromatic carbocycles. The molecule has 0 aliphatic carbocycles. The predicted molar refractivity (Wildman–Crippen MR) is 93.5 cm³/mol. The van der Waals surface area contributed by atoms with Crippen molar-refractivity contribution < 1.29 is 9.53 Å². The Hall–Kier alpha value is -2.49. The Labute approximate surface area is 137 Å². The average molecular weight is 312 g/mol. The van der Waals surface area contributed by atoms with Crippen molar-refractivity contribution in [3.63, 3.8) is 0 Å². The maximum atomic E-state index is 11.8. The van der Waals surface area contributed by atoms with Crippen LogP contribution in [0.4, 0.5) is 5.69 Å². The van der Waals surface area contributed by atoms with Crippen LogP contribution in [0.15, 0.2) is 48.5 Å². The second-order valence-electron chi connectivity index (χ2n) is 5.54. The lowest BCUT2D eigenvalue weighted by molar-refractivity contribution is -0.121. The van der Waals surface area contributed by atoms with Gasteiger partial charge in [-0.2, -0.15) is 0 Å². The van der Waals surface area contributed by atoms with Crippen molar-refractivity contribution in [2.45, 2.75) is 25.7 Å². The molecule has 2 aromatic rings. The maximum absolute atomic E-state index is 11.8. The molecular formula is C19H24N2O2. The molecule has 0 aliphatic heterocycles. The van der Waals surface area contributed by atoms with Gasteiger partial charge in [0.15, 0.2) is 0 Å². The zero-order chi connectivity index (χ0) is 16.5. The Morgan fingerprint density at radius 3 is 2.26 bits per heavy atom. The minimum absolute atomic E-state index is 0.106. The van der Waals surface area contributed by atoms with Crippen molar-refractivity contribution in [3.05, 3.63) is 59.7 Å². The van der Waals surface area contributed by atoms with Gasteiger partial charge < -0.3 is 15.8 Å².